The van der Waals surface area contributed by atoms with Crippen LogP contribution in [0.25, 0.3) is 5.76 Å². The minimum absolute atomic E-state index is 0.187. The lowest BCUT2D eigenvalue weighted by Crippen LogP contribution is -2.15. The minimum Gasteiger partial charge on any atom is -0.512 e. The smallest absolute Gasteiger partial charge is 0.512 e. The van der Waals surface area contributed by atoms with Gasteiger partial charge in [0.05, 0.1) is 0 Å². The van der Waals surface area contributed by atoms with Crippen LogP contribution in [0.15, 0.2) is 30.8 Å². The van der Waals surface area contributed by atoms with Gasteiger partial charge in [-0.1, -0.05) is 18.2 Å². The molecule has 0 atom stereocenters. The molecule has 0 radical (unpaired) electrons. The number of benzene rings is 1. The van der Waals surface area contributed by atoms with Gasteiger partial charge in [-0.25, -0.2) is 0 Å². The average Bonchev–Trinajstić information content (AvgIpc) is 2.04. The molecule has 68 valence electrons. The summed E-state index contributed by atoms with van der Waals surface area (Å²) >= 11 is 5.65. The van der Waals surface area contributed by atoms with E-state index in [1.165, 1.54) is 0 Å². The normalized spacial score (nSPS) is 9.46. The highest BCUT2D eigenvalue weighted by molar-refractivity contribution is 6.34. The molecule has 0 spiro atoms. The predicted molar refractivity (Wildman–Crippen MR) is 51.8 cm³/mol. The highest BCUT2D eigenvalue weighted by Gasteiger charge is 2.12. The molecule has 0 aromatic heterocycles. The Morgan fingerprint density at radius 2 is 1.85 bits per heavy atom. The molecule has 0 aliphatic heterocycles. The van der Waals surface area contributed by atoms with Gasteiger partial charge in [-0.15, -0.1) is 0 Å². The molecule has 0 aliphatic carbocycles. The molecule has 0 amide bonds. The van der Waals surface area contributed by atoms with Crippen LogP contribution in [0.1, 0.15) is 5.56 Å². The summed E-state index contributed by atoms with van der Waals surface area (Å²) in [6, 6.07) is 6.67. The van der Waals surface area contributed by atoms with Crippen molar-refractivity contribution in [1.82, 2.24) is 0 Å². The summed E-state index contributed by atoms with van der Waals surface area (Å²) in [5.41, 5.74) is 0.650. The first-order chi connectivity index (χ1) is 6.09. The second-order valence-electron chi connectivity index (χ2n) is 2.37. The maximum absolute atomic E-state index is 8.49. The van der Waals surface area contributed by atoms with Crippen LogP contribution in [-0.4, -0.2) is 17.4 Å². The summed E-state index contributed by atoms with van der Waals surface area (Å²) in [6.07, 6.45) is 0. The lowest BCUT2D eigenvalue weighted by molar-refractivity contribution is 0.271. The first kappa shape index (κ1) is 10.1. The summed E-state index contributed by atoms with van der Waals surface area (Å²) in [5, 5.41) is 17.6. The molecule has 2 N–H and O–H groups in total. The monoisotopic (exact) mass is 198 g/mol. The molecule has 0 saturated heterocycles. The fourth-order valence-corrected chi connectivity index (χ4v) is 0.957. The Balaban J connectivity index is 2.72. The van der Waals surface area contributed by atoms with E-state index in [1.807, 2.05) is 0 Å². The maximum atomic E-state index is 8.49. The SMILES string of the molecule is C=C(OB(O)O)c1ccc(Cl)cc1. The maximum Gasteiger partial charge on any atom is 0.707 e. The van der Waals surface area contributed by atoms with E-state index in [2.05, 4.69) is 11.2 Å². The summed E-state index contributed by atoms with van der Waals surface area (Å²) in [6.45, 7) is 3.51. The van der Waals surface area contributed by atoms with E-state index >= 15 is 0 Å². The van der Waals surface area contributed by atoms with Gasteiger partial charge in [0.2, 0.25) is 0 Å². The van der Waals surface area contributed by atoms with Gasteiger partial charge in [0.15, 0.2) is 0 Å². The standard InChI is InChI=1S/C8H8BClO3/c1-6(13-9(11)12)7-2-4-8(10)5-3-7/h2-5,11-12H,1H2. The minimum atomic E-state index is -1.84. The first-order valence-electron chi connectivity index (χ1n) is 3.57. The quantitative estimate of drug-likeness (QED) is 0.568. The highest BCUT2D eigenvalue weighted by Crippen LogP contribution is 2.16. The average molecular weight is 198 g/mol. The van der Waals surface area contributed by atoms with Crippen LogP contribution in [0.3, 0.4) is 0 Å². The molecule has 0 saturated carbocycles. The molecule has 1 rings (SSSR count). The Morgan fingerprint density at radius 3 is 2.31 bits per heavy atom. The van der Waals surface area contributed by atoms with Gasteiger partial charge in [0.25, 0.3) is 0 Å². The van der Waals surface area contributed by atoms with E-state index in [-0.39, 0.29) is 5.76 Å². The third-order valence-corrected chi connectivity index (χ3v) is 1.67. The Bertz CT molecular complexity index is 297. The van der Waals surface area contributed by atoms with E-state index < -0.39 is 7.32 Å². The number of hydrogen-bond acceptors (Lipinski definition) is 3. The van der Waals surface area contributed by atoms with Crippen molar-refractivity contribution >= 4 is 24.7 Å². The van der Waals surface area contributed by atoms with Gasteiger partial charge in [0, 0.05) is 10.6 Å². The van der Waals surface area contributed by atoms with Gasteiger partial charge in [-0.3, -0.25) is 0 Å². The zero-order chi connectivity index (χ0) is 9.84. The van der Waals surface area contributed by atoms with Crippen LogP contribution in [0, 0.1) is 0 Å². The van der Waals surface area contributed by atoms with E-state index in [1.54, 1.807) is 24.3 Å². The van der Waals surface area contributed by atoms with Crippen molar-refractivity contribution in [2.24, 2.45) is 0 Å². The molecule has 0 heterocycles. The second kappa shape index (κ2) is 4.32. The zero-order valence-corrected chi connectivity index (χ0v) is 7.53. The number of halogens is 1. The summed E-state index contributed by atoms with van der Waals surface area (Å²) < 4.78 is 4.55. The van der Waals surface area contributed by atoms with Gasteiger partial charge in [0.1, 0.15) is 5.76 Å². The van der Waals surface area contributed by atoms with Crippen molar-refractivity contribution in [3.05, 3.63) is 41.4 Å². The number of hydrogen-bond donors (Lipinski definition) is 2. The molecule has 5 heteroatoms. The Kier molecular flexibility index (Phi) is 3.36. The fraction of sp³-hybridized carbons (Fsp3) is 0. The largest absolute Gasteiger partial charge is 0.707 e. The van der Waals surface area contributed by atoms with Gasteiger partial charge in [-0.05, 0) is 24.3 Å². The van der Waals surface area contributed by atoms with Crippen LogP contribution in [0.4, 0.5) is 0 Å². The van der Waals surface area contributed by atoms with Crippen LogP contribution >= 0.6 is 11.6 Å². The van der Waals surface area contributed by atoms with Crippen molar-refractivity contribution < 1.29 is 14.7 Å². The highest BCUT2D eigenvalue weighted by atomic mass is 35.5. The van der Waals surface area contributed by atoms with Crippen LogP contribution < -0.4 is 0 Å². The van der Waals surface area contributed by atoms with Crippen molar-refractivity contribution in [3.63, 3.8) is 0 Å². The van der Waals surface area contributed by atoms with Crippen molar-refractivity contribution in [3.8, 4) is 0 Å². The molecule has 3 nitrogen and oxygen atoms in total. The van der Waals surface area contributed by atoms with Gasteiger partial charge >= 0.3 is 7.32 Å². The molecule has 1 aromatic rings. The van der Waals surface area contributed by atoms with E-state index in [0.29, 0.717) is 10.6 Å². The lowest BCUT2D eigenvalue weighted by atomic mass is 10.1. The summed E-state index contributed by atoms with van der Waals surface area (Å²) in [4.78, 5) is 0. The second-order valence-corrected chi connectivity index (χ2v) is 2.81. The fourth-order valence-electron chi connectivity index (χ4n) is 0.831. The number of rotatable bonds is 3. The van der Waals surface area contributed by atoms with Crippen LogP contribution in [0.2, 0.25) is 5.02 Å². The third-order valence-electron chi connectivity index (χ3n) is 1.41. The summed E-state index contributed by atoms with van der Waals surface area (Å²) in [7, 11) is -1.84. The van der Waals surface area contributed by atoms with E-state index in [0.717, 1.165) is 0 Å². The molecule has 1 aromatic carbocycles. The molecular formula is C8H8BClO3. The van der Waals surface area contributed by atoms with Gasteiger partial charge in [-0.2, -0.15) is 0 Å². The van der Waals surface area contributed by atoms with Crippen LogP contribution in [-0.2, 0) is 4.65 Å². The molecule has 0 unspecified atom stereocenters. The lowest BCUT2D eigenvalue weighted by Gasteiger charge is -2.07. The van der Waals surface area contributed by atoms with Crippen LogP contribution in [0.5, 0.6) is 0 Å². The van der Waals surface area contributed by atoms with Gasteiger partial charge < -0.3 is 14.7 Å². The van der Waals surface area contributed by atoms with E-state index in [4.69, 9.17) is 21.6 Å². The Hall–Kier alpha value is -0.965. The molecule has 13 heavy (non-hydrogen) atoms. The Labute approximate surface area is 81.4 Å². The third kappa shape index (κ3) is 3.10. The molecule has 0 aliphatic rings. The van der Waals surface area contributed by atoms with Crippen molar-refractivity contribution in [2.75, 3.05) is 0 Å². The van der Waals surface area contributed by atoms with Crippen molar-refractivity contribution in [2.45, 2.75) is 0 Å². The Morgan fingerprint density at radius 1 is 1.31 bits per heavy atom. The summed E-state index contributed by atoms with van der Waals surface area (Å²) in [5.74, 6) is 0.187. The predicted octanol–water partition coefficient (Wildman–Crippen LogP) is 1.30. The molecule has 0 fully saturated rings. The topological polar surface area (TPSA) is 49.7 Å². The van der Waals surface area contributed by atoms with E-state index in [9.17, 15) is 0 Å². The first-order valence-corrected chi connectivity index (χ1v) is 3.95. The molecular weight excluding hydrogens is 190 g/mol. The molecule has 0 bridgehead atoms. The van der Waals surface area contributed by atoms with Crippen molar-refractivity contribution in [1.29, 1.82) is 0 Å². The zero-order valence-electron chi connectivity index (χ0n) is 6.77.